The highest BCUT2D eigenvalue weighted by Gasteiger charge is 2.07. The van der Waals surface area contributed by atoms with Crippen LogP contribution in [0.2, 0.25) is 0 Å². The molecule has 6 nitrogen and oxygen atoms in total. The number of nitrogens with zero attached hydrogens (tertiary/aromatic N) is 2. The van der Waals surface area contributed by atoms with Crippen LogP contribution in [0.3, 0.4) is 0 Å². The average Bonchev–Trinajstić information content (AvgIpc) is 2.88. The summed E-state index contributed by atoms with van der Waals surface area (Å²) in [5.74, 6) is 0.235. The van der Waals surface area contributed by atoms with Crippen LogP contribution in [0.15, 0.2) is 16.7 Å². The summed E-state index contributed by atoms with van der Waals surface area (Å²) in [5, 5.41) is 15.6. The molecule has 0 saturated carbocycles. The topological polar surface area (TPSA) is 88.2 Å². The summed E-state index contributed by atoms with van der Waals surface area (Å²) < 4.78 is 4.83. The van der Waals surface area contributed by atoms with Crippen molar-refractivity contribution in [3.8, 4) is 0 Å². The summed E-state index contributed by atoms with van der Waals surface area (Å²) in [6, 6.07) is 3.39. The van der Waals surface area contributed by atoms with Crippen LogP contribution in [0.25, 0.3) is 0 Å². The lowest BCUT2D eigenvalue weighted by atomic mass is 10.4. The van der Waals surface area contributed by atoms with Crippen molar-refractivity contribution in [2.45, 2.75) is 20.0 Å². The van der Waals surface area contributed by atoms with E-state index in [1.165, 1.54) is 11.3 Å². The number of aromatic nitrogens is 2. The maximum absolute atomic E-state index is 10.7. The van der Waals surface area contributed by atoms with Gasteiger partial charge in [-0.1, -0.05) is 5.16 Å². The van der Waals surface area contributed by atoms with Gasteiger partial charge in [0.1, 0.15) is 4.88 Å². The molecule has 0 amide bonds. The summed E-state index contributed by atoms with van der Waals surface area (Å²) in [4.78, 5) is 16.0. The lowest BCUT2D eigenvalue weighted by Crippen LogP contribution is -2.12. The first-order valence-electron chi connectivity index (χ1n) is 4.97. The molecule has 0 aliphatic rings. The van der Waals surface area contributed by atoms with Gasteiger partial charge >= 0.3 is 5.97 Å². The van der Waals surface area contributed by atoms with Crippen LogP contribution < -0.4 is 5.32 Å². The highest BCUT2D eigenvalue weighted by Crippen LogP contribution is 2.16. The van der Waals surface area contributed by atoms with Crippen LogP contribution in [0, 0.1) is 6.92 Å². The number of hydrogen-bond donors (Lipinski definition) is 2. The van der Waals surface area contributed by atoms with Gasteiger partial charge in [-0.3, -0.25) is 0 Å². The predicted molar refractivity (Wildman–Crippen MR) is 60.9 cm³/mol. The Morgan fingerprint density at radius 3 is 2.94 bits per heavy atom. The van der Waals surface area contributed by atoms with Crippen molar-refractivity contribution in [2.24, 2.45) is 0 Å². The number of rotatable bonds is 5. The fraction of sp³-hybridized carbons (Fsp3) is 0.300. The summed E-state index contributed by atoms with van der Waals surface area (Å²) in [6.07, 6.45) is 0. The second-order valence-corrected chi connectivity index (χ2v) is 4.57. The first-order chi connectivity index (χ1) is 8.15. The predicted octanol–water partition coefficient (Wildman–Crippen LogP) is 1.43. The molecular formula is C10H11N3O3S. The van der Waals surface area contributed by atoms with E-state index in [1.54, 1.807) is 19.1 Å². The molecule has 2 N–H and O–H groups in total. The summed E-state index contributed by atoms with van der Waals surface area (Å²) in [6.45, 7) is 2.82. The minimum atomic E-state index is -0.893. The molecule has 2 aromatic rings. The summed E-state index contributed by atoms with van der Waals surface area (Å²) >= 11 is 1.26. The molecule has 0 radical (unpaired) electrons. The van der Waals surface area contributed by atoms with Gasteiger partial charge in [-0.05, 0) is 12.1 Å². The normalized spacial score (nSPS) is 10.6. The molecule has 0 bridgehead atoms. The Bertz CT molecular complexity index is 520. The SMILES string of the molecule is Cc1nc(CNCc2ccc(C(=O)O)s2)no1. The molecule has 2 rings (SSSR count). The zero-order valence-corrected chi connectivity index (χ0v) is 9.95. The molecular weight excluding hydrogens is 242 g/mol. The van der Waals surface area contributed by atoms with E-state index in [0.717, 1.165) is 4.88 Å². The largest absolute Gasteiger partial charge is 0.477 e. The van der Waals surface area contributed by atoms with E-state index in [2.05, 4.69) is 15.5 Å². The van der Waals surface area contributed by atoms with Crippen molar-refractivity contribution in [3.05, 3.63) is 33.6 Å². The Hall–Kier alpha value is -1.73. The third-order valence-electron chi connectivity index (χ3n) is 2.02. The van der Waals surface area contributed by atoms with Gasteiger partial charge in [-0.25, -0.2) is 4.79 Å². The standard InChI is InChI=1S/C10H11N3O3S/c1-6-12-9(13-16-6)5-11-4-7-2-3-8(17-7)10(14)15/h2-3,11H,4-5H2,1H3,(H,14,15). The van der Waals surface area contributed by atoms with Crippen molar-refractivity contribution < 1.29 is 14.4 Å². The fourth-order valence-corrected chi connectivity index (χ4v) is 2.11. The van der Waals surface area contributed by atoms with Crippen molar-refractivity contribution in [1.82, 2.24) is 15.5 Å². The third kappa shape index (κ3) is 3.11. The lowest BCUT2D eigenvalue weighted by molar-refractivity contribution is 0.0702. The van der Waals surface area contributed by atoms with Crippen molar-refractivity contribution >= 4 is 17.3 Å². The zero-order chi connectivity index (χ0) is 12.3. The molecule has 0 aliphatic heterocycles. The van der Waals surface area contributed by atoms with E-state index in [-0.39, 0.29) is 0 Å². The highest BCUT2D eigenvalue weighted by molar-refractivity contribution is 7.13. The number of aryl methyl sites for hydroxylation is 1. The molecule has 0 atom stereocenters. The first-order valence-corrected chi connectivity index (χ1v) is 5.78. The maximum Gasteiger partial charge on any atom is 0.345 e. The molecule has 90 valence electrons. The number of carboxylic acid groups (broad SMARTS) is 1. The second-order valence-electron chi connectivity index (χ2n) is 3.40. The molecule has 2 aromatic heterocycles. The van der Waals surface area contributed by atoms with Crippen LogP contribution in [0.1, 0.15) is 26.3 Å². The van der Waals surface area contributed by atoms with Crippen molar-refractivity contribution in [2.75, 3.05) is 0 Å². The van der Waals surface area contributed by atoms with Crippen LogP contribution in [-0.4, -0.2) is 21.2 Å². The minimum absolute atomic E-state index is 0.345. The first kappa shape index (κ1) is 11.7. The van der Waals surface area contributed by atoms with Crippen molar-refractivity contribution in [3.63, 3.8) is 0 Å². The molecule has 0 unspecified atom stereocenters. The van der Waals surface area contributed by atoms with Crippen molar-refractivity contribution in [1.29, 1.82) is 0 Å². The molecule has 17 heavy (non-hydrogen) atoms. The Morgan fingerprint density at radius 2 is 2.35 bits per heavy atom. The highest BCUT2D eigenvalue weighted by atomic mass is 32.1. The van der Waals surface area contributed by atoms with Gasteiger partial charge in [0.2, 0.25) is 5.89 Å². The second kappa shape index (κ2) is 5.07. The maximum atomic E-state index is 10.7. The Labute approximate surface area is 101 Å². The van der Waals surface area contributed by atoms with Gasteiger partial charge < -0.3 is 14.9 Å². The zero-order valence-electron chi connectivity index (χ0n) is 9.14. The number of aromatic carboxylic acids is 1. The molecule has 0 aliphatic carbocycles. The monoisotopic (exact) mass is 253 g/mol. The number of thiophene rings is 1. The molecule has 0 spiro atoms. The Morgan fingerprint density at radius 1 is 1.53 bits per heavy atom. The smallest absolute Gasteiger partial charge is 0.345 e. The molecule has 0 aromatic carbocycles. The van der Waals surface area contributed by atoms with Crippen LogP contribution >= 0.6 is 11.3 Å². The van der Waals surface area contributed by atoms with E-state index in [4.69, 9.17) is 9.63 Å². The van der Waals surface area contributed by atoms with Crippen LogP contribution in [0.5, 0.6) is 0 Å². The van der Waals surface area contributed by atoms with E-state index >= 15 is 0 Å². The lowest BCUT2D eigenvalue weighted by Gasteiger charge is -1.97. The molecule has 0 fully saturated rings. The molecule has 2 heterocycles. The fourth-order valence-electron chi connectivity index (χ4n) is 1.30. The van der Waals surface area contributed by atoms with Crippen LogP contribution in [0.4, 0.5) is 0 Å². The average molecular weight is 253 g/mol. The van der Waals surface area contributed by atoms with Gasteiger partial charge in [0.05, 0.1) is 6.54 Å². The van der Waals surface area contributed by atoms with Gasteiger partial charge in [-0.15, -0.1) is 11.3 Å². The van der Waals surface area contributed by atoms with E-state index < -0.39 is 5.97 Å². The number of carboxylic acids is 1. The van der Waals surface area contributed by atoms with Gasteiger partial charge in [-0.2, -0.15) is 4.98 Å². The quantitative estimate of drug-likeness (QED) is 0.838. The Kier molecular flexibility index (Phi) is 3.50. The van der Waals surface area contributed by atoms with E-state index in [0.29, 0.717) is 29.7 Å². The number of nitrogens with one attached hydrogen (secondary N) is 1. The van der Waals surface area contributed by atoms with Gasteiger partial charge in [0.15, 0.2) is 5.82 Å². The van der Waals surface area contributed by atoms with Gasteiger partial charge in [0, 0.05) is 18.3 Å². The molecule has 0 saturated heterocycles. The van der Waals surface area contributed by atoms with E-state index in [1.807, 2.05) is 0 Å². The summed E-state index contributed by atoms with van der Waals surface area (Å²) in [5.41, 5.74) is 0. The summed E-state index contributed by atoms with van der Waals surface area (Å²) in [7, 11) is 0. The van der Waals surface area contributed by atoms with Crippen LogP contribution in [-0.2, 0) is 13.1 Å². The van der Waals surface area contributed by atoms with Gasteiger partial charge in [0.25, 0.3) is 0 Å². The van der Waals surface area contributed by atoms with E-state index in [9.17, 15) is 4.79 Å². The molecule has 7 heteroatoms. The Balaban J connectivity index is 1.83. The number of hydrogen-bond acceptors (Lipinski definition) is 6. The number of carbonyl (C=O) groups is 1. The minimum Gasteiger partial charge on any atom is -0.477 e. The third-order valence-corrected chi connectivity index (χ3v) is 3.10.